The van der Waals surface area contributed by atoms with Gasteiger partial charge in [0.2, 0.25) is 5.91 Å². The van der Waals surface area contributed by atoms with Crippen molar-refractivity contribution < 1.29 is 14.0 Å². The van der Waals surface area contributed by atoms with E-state index in [-0.39, 0.29) is 24.8 Å². The molecule has 1 fully saturated rings. The third-order valence-corrected chi connectivity index (χ3v) is 5.56. The molecular formula is C17H13FN2O2S3. The van der Waals surface area contributed by atoms with Crippen LogP contribution in [-0.2, 0) is 9.59 Å². The molecule has 0 saturated carbocycles. The summed E-state index contributed by atoms with van der Waals surface area (Å²) >= 11 is 8.01. The highest BCUT2D eigenvalue weighted by Crippen LogP contribution is 2.33. The molecule has 8 heteroatoms. The Bertz CT molecular complexity index is 849. The molecule has 1 aromatic carbocycles. The van der Waals surface area contributed by atoms with Gasteiger partial charge in [0.05, 0.1) is 4.91 Å². The normalized spacial score (nSPS) is 15.9. The van der Waals surface area contributed by atoms with Crippen LogP contribution in [0.15, 0.2) is 46.7 Å². The average molecular weight is 393 g/mol. The molecule has 0 radical (unpaired) electrons. The summed E-state index contributed by atoms with van der Waals surface area (Å²) in [6.45, 7) is 0.188. The van der Waals surface area contributed by atoms with Gasteiger partial charge in [0.25, 0.3) is 5.91 Å². The van der Waals surface area contributed by atoms with Gasteiger partial charge in [-0.1, -0.05) is 36.1 Å². The molecule has 1 aromatic heterocycles. The van der Waals surface area contributed by atoms with E-state index < -0.39 is 5.82 Å². The van der Waals surface area contributed by atoms with E-state index in [1.807, 2.05) is 17.5 Å². The molecule has 25 heavy (non-hydrogen) atoms. The van der Waals surface area contributed by atoms with Gasteiger partial charge in [-0.15, -0.1) is 11.3 Å². The second-order valence-corrected chi connectivity index (χ2v) is 7.81. The van der Waals surface area contributed by atoms with Crippen LogP contribution in [-0.4, -0.2) is 27.6 Å². The van der Waals surface area contributed by atoms with Gasteiger partial charge in [0.1, 0.15) is 10.1 Å². The van der Waals surface area contributed by atoms with E-state index in [2.05, 4.69) is 5.32 Å². The summed E-state index contributed by atoms with van der Waals surface area (Å²) in [7, 11) is 0. The standard InChI is InChI=1S/C17H13FN2O2S3/c18-11-3-1-4-12(9-11)19-15(21)6-7-20-16(22)14(25-17(20)23)10-13-5-2-8-24-13/h1-5,8-10H,6-7H2,(H,19,21)/b14-10+. The topological polar surface area (TPSA) is 49.4 Å². The van der Waals surface area contributed by atoms with Gasteiger partial charge in [-0.3, -0.25) is 14.5 Å². The van der Waals surface area contributed by atoms with E-state index in [0.717, 1.165) is 4.88 Å². The second-order valence-electron chi connectivity index (χ2n) is 5.16. The van der Waals surface area contributed by atoms with Gasteiger partial charge in [0, 0.05) is 23.5 Å². The van der Waals surface area contributed by atoms with E-state index in [9.17, 15) is 14.0 Å². The largest absolute Gasteiger partial charge is 0.326 e. The fraction of sp³-hybridized carbons (Fsp3) is 0.118. The number of thiophene rings is 1. The maximum Gasteiger partial charge on any atom is 0.266 e. The van der Waals surface area contributed by atoms with Gasteiger partial charge in [-0.25, -0.2) is 4.39 Å². The van der Waals surface area contributed by atoms with Gasteiger partial charge in [0.15, 0.2) is 0 Å². The van der Waals surface area contributed by atoms with Gasteiger partial charge >= 0.3 is 0 Å². The minimum Gasteiger partial charge on any atom is -0.326 e. The Balaban J connectivity index is 1.58. The number of benzene rings is 1. The van der Waals surface area contributed by atoms with Crippen molar-refractivity contribution in [3.05, 3.63) is 57.4 Å². The summed E-state index contributed by atoms with van der Waals surface area (Å²) in [6.07, 6.45) is 1.88. The van der Waals surface area contributed by atoms with Gasteiger partial charge < -0.3 is 5.32 Å². The molecule has 1 aliphatic heterocycles. The van der Waals surface area contributed by atoms with E-state index in [1.54, 1.807) is 12.1 Å². The number of carbonyl (C=O) groups is 2. The minimum atomic E-state index is -0.423. The molecule has 128 valence electrons. The summed E-state index contributed by atoms with van der Waals surface area (Å²) in [6, 6.07) is 9.49. The molecular weight excluding hydrogens is 379 g/mol. The molecule has 3 rings (SSSR count). The number of hydrogen-bond acceptors (Lipinski definition) is 5. The zero-order valence-corrected chi connectivity index (χ0v) is 15.3. The Kier molecular flexibility index (Phi) is 5.62. The van der Waals surface area contributed by atoms with Crippen molar-refractivity contribution >= 4 is 63.2 Å². The highest BCUT2D eigenvalue weighted by atomic mass is 32.2. The van der Waals surface area contributed by atoms with E-state index in [1.165, 1.54) is 46.2 Å². The Morgan fingerprint density at radius 1 is 1.32 bits per heavy atom. The van der Waals surface area contributed by atoms with Crippen molar-refractivity contribution in [3.63, 3.8) is 0 Å². The number of amides is 2. The van der Waals surface area contributed by atoms with Crippen LogP contribution in [0.3, 0.4) is 0 Å². The van der Waals surface area contributed by atoms with Crippen LogP contribution in [0, 0.1) is 5.82 Å². The predicted octanol–water partition coefficient (Wildman–Crippen LogP) is 4.12. The lowest BCUT2D eigenvalue weighted by Crippen LogP contribution is -2.31. The molecule has 0 atom stereocenters. The average Bonchev–Trinajstić information content (AvgIpc) is 3.15. The molecule has 2 amide bonds. The quantitative estimate of drug-likeness (QED) is 0.614. The molecule has 1 N–H and O–H groups in total. The van der Waals surface area contributed by atoms with Crippen LogP contribution in [0.1, 0.15) is 11.3 Å². The second kappa shape index (κ2) is 7.90. The zero-order chi connectivity index (χ0) is 17.8. The number of hydrogen-bond donors (Lipinski definition) is 1. The minimum absolute atomic E-state index is 0.0786. The molecule has 1 saturated heterocycles. The number of thioether (sulfide) groups is 1. The Morgan fingerprint density at radius 2 is 2.16 bits per heavy atom. The van der Waals surface area contributed by atoms with E-state index >= 15 is 0 Å². The number of thiocarbonyl (C=S) groups is 1. The first-order valence-electron chi connectivity index (χ1n) is 7.37. The molecule has 0 aliphatic carbocycles. The van der Waals surface area contributed by atoms with Crippen LogP contribution in [0.25, 0.3) is 6.08 Å². The number of anilines is 1. The molecule has 2 heterocycles. The maximum absolute atomic E-state index is 13.1. The predicted molar refractivity (Wildman–Crippen MR) is 104 cm³/mol. The number of rotatable bonds is 5. The molecule has 4 nitrogen and oxygen atoms in total. The van der Waals surface area contributed by atoms with Gasteiger partial charge in [-0.2, -0.15) is 0 Å². The van der Waals surface area contributed by atoms with Crippen LogP contribution in [0.4, 0.5) is 10.1 Å². The number of nitrogens with one attached hydrogen (secondary N) is 1. The zero-order valence-electron chi connectivity index (χ0n) is 12.9. The smallest absolute Gasteiger partial charge is 0.266 e. The van der Waals surface area contributed by atoms with Crippen LogP contribution >= 0.6 is 35.3 Å². The summed E-state index contributed by atoms with van der Waals surface area (Å²) in [4.78, 5) is 27.4. The van der Waals surface area contributed by atoms with Gasteiger partial charge in [-0.05, 0) is 35.7 Å². The van der Waals surface area contributed by atoms with Crippen molar-refractivity contribution in [2.45, 2.75) is 6.42 Å². The highest BCUT2D eigenvalue weighted by Gasteiger charge is 2.32. The molecule has 0 spiro atoms. The van der Waals surface area contributed by atoms with Crippen LogP contribution < -0.4 is 5.32 Å². The first-order chi connectivity index (χ1) is 12.0. The lowest BCUT2D eigenvalue weighted by Gasteiger charge is -2.14. The van der Waals surface area contributed by atoms with Crippen LogP contribution in [0.5, 0.6) is 0 Å². The maximum atomic E-state index is 13.1. The summed E-state index contributed by atoms with van der Waals surface area (Å²) < 4.78 is 13.6. The fourth-order valence-corrected chi connectivity index (χ4v) is 4.23. The van der Waals surface area contributed by atoms with Crippen molar-refractivity contribution in [2.75, 3.05) is 11.9 Å². The number of nitrogens with zero attached hydrogens (tertiary/aromatic N) is 1. The lowest BCUT2D eigenvalue weighted by atomic mass is 10.3. The Labute approximate surface area is 157 Å². The van der Waals surface area contributed by atoms with Crippen molar-refractivity contribution in [1.29, 1.82) is 0 Å². The third kappa shape index (κ3) is 4.53. The Hall–Kier alpha value is -2.03. The molecule has 2 aromatic rings. The third-order valence-electron chi connectivity index (χ3n) is 3.36. The molecule has 0 bridgehead atoms. The van der Waals surface area contributed by atoms with Crippen molar-refractivity contribution in [2.24, 2.45) is 0 Å². The highest BCUT2D eigenvalue weighted by molar-refractivity contribution is 8.26. The fourth-order valence-electron chi connectivity index (χ4n) is 2.20. The first-order valence-corrected chi connectivity index (χ1v) is 9.47. The summed E-state index contributed by atoms with van der Waals surface area (Å²) in [5.74, 6) is -0.919. The molecule has 0 unspecified atom stereocenters. The summed E-state index contributed by atoms with van der Waals surface area (Å²) in [5, 5.41) is 4.54. The number of carbonyl (C=O) groups excluding carboxylic acids is 2. The number of halogens is 1. The SMILES string of the molecule is O=C(CCN1C(=O)/C(=C\c2cccs2)SC1=S)Nc1cccc(F)c1. The van der Waals surface area contributed by atoms with E-state index in [0.29, 0.717) is 14.9 Å². The molecule has 1 aliphatic rings. The van der Waals surface area contributed by atoms with Crippen LogP contribution in [0.2, 0.25) is 0 Å². The Morgan fingerprint density at radius 3 is 2.88 bits per heavy atom. The lowest BCUT2D eigenvalue weighted by molar-refractivity contribution is -0.122. The van der Waals surface area contributed by atoms with Crippen molar-refractivity contribution in [3.8, 4) is 0 Å². The first kappa shape index (κ1) is 17.8. The van der Waals surface area contributed by atoms with E-state index in [4.69, 9.17) is 12.2 Å². The monoisotopic (exact) mass is 392 g/mol. The summed E-state index contributed by atoms with van der Waals surface area (Å²) in [5.41, 5.74) is 0.382. The van der Waals surface area contributed by atoms with Crippen molar-refractivity contribution in [1.82, 2.24) is 4.90 Å².